The standard InChI is InChI=1S/C11H23N3O3S.ClH/c1-10-2-4-13(5-3-10)18(15,16)14-6-7-17-11(8-12)9-14;/h10-11H,2-9,12H2,1H3;1H. The average Bonchev–Trinajstić information content (AvgIpc) is 2.39. The van der Waals surface area contributed by atoms with Crippen molar-refractivity contribution in [2.24, 2.45) is 11.7 Å². The Morgan fingerprint density at radius 3 is 2.42 bits per heavy atom. The lowest BCUT2D eigenvalue weighted by atomic mass is 10.0. The topological polar surface area (TPSA) is 75.9 Å². The van der Waals surface area contributed by atoms with Gasteiger partial charge in [-0.15, -0.1) is 12.4 Å². The van der Waals surface area contributed by atoms with Crippen LogP contribution >= 0.6 is 12.4 Å². The fraction of sp³-hybridized carbons (Fsp3) is 1.00. The molecule has 8 heteroatoms. The van der Waals surface area contributed by atoms with Crippen LogP contribution in [0.1, 0.15) is 19.8 Å². The van der Waals surface area contributed by atoms with Gasteiger partial charge in [-0.3, -0.25) is 0 Å². The molecule has 2 heterocycles. The summed E-state index contributed by atoms with van der Waals surface area (Å²) in [6.07, 6.45) is 1.73. The van der Waals surface area contributed by atoms with Crippen LogP contribution in [0.4, 0.5) is 0 Å². The van der Waals surface area contributed by atoms with Crippen molar-refractivity contribution in [1.29, 1.82) is 0 Å². The van der Waals surface area contributed by atoms with E-state index < -0.39 is 10.2 Å². The van der Waals surface area contributed by atoms with Gasteiger partial charge in [-0.2, -0.15) is 17.0 Å². The SMILES string of the molecule is CC1CCN(S(=O)(=O)N2CCOC(CN)C2)CC1.Cl. The fourth-order valence-corrected chi connectivity index (χ4v) is 4.08. The first-order chi connectivity index (χ1) is 8.54. The molecule has 1 atom stereocenters. The molecule has 0 amide bonds. The van der Waals surface area contributed by atoms with Gasteiger partial charge in [-0.25, -0.2) is 0 Å². The van der Waals surface area contributed by atoms with Crippen LogP contribution in [0.2, 0.25) is 0 Å². The quantitative estimate of drug-likeness (QED) is 0.798. The Morgan fingerprint density at radius 2 is 1.84 bits per heavy atom. The van der Waals surface area contributed by atoms with Crippen LogP contribution in [0.3, 0.4) is 0 Å². The number of rotatable bonds is 3. The molecule has 0 aromatic heterocycles. The second-order valence-electron chi connectivity index (χ2n) is 5.18. The highest BCUT2D eigenvalue weighted by molar-refractivity contribution is 7.86. The zero-order valence-corrected chi connectivity index (χ0v) is 13.0. The minimum Gasteiger partial charge on any atom is -0.374 e. The lowest BCUT2D eigenvalue weighted by Crippen LogP contribution is -2.54. The van der Waals surface area contributed by atoms with E-state index in [0.717, 1.165) is 12.8 Å². The molecule has 114 valence electrons. The molecule has 2 aliphatic heterocycles. The molecule has 0 radical (unpaired) electrons. The highest BCUT2D eigenvalue weighted by atomic mass is 35.5. The number of nitrogens with zero attached hydrogens (tertiary/aromatic N) is 2. The summed E-state index contributed by atoms with van der Waals surface area (Å²) in [5, 5.41) is 0. The van der Waals surface area contributed by atoms with Crippen molar-refractivity contribution in [2.75, 3.05) is 39.3 Å². The molecule has 0 spiro atoms. The Balaban J connectivity index is 0.00000180. The molecule has 0 aromatic rings. The van der Waals surface area contributed by atoms with Crippen LogP contribution in [0, 0.1) is 5.92 Å². The number of ether oxygens (including phenoxy) is 1. The first-order valence-corrected chi connectivity index (χ1v) is 8.00. The van der Waals surface area contributed by atoms with E-state index in [2.05, 4.69) is 6.92 Å². The Bertz CT molecular complexity index is 371. The molecule has 0 saturated carbocycles. The molecule has 0 bridgehead atoms. The van der Waals surface area contributed by atoms with E-state index in [9.17, 15) is 8.42 Å². The van der Waals surface area contributed by atoms with Crippen molar-refractivity contribution < 1.29 is 13.2 Å². The van der Waals surface area contributed by atoms with Crippen molar-refractivity contribution in [3.05, 3.63) is 0 Å². The van der Waals surface area contributed by atoms with E-state index in [0.29, 0.717) is 45.2 Å². The second-order valence-corrected chi connectivity index (χ2v) is 7.10. The van der Waals surface area contributed by atoms with E-state index in [1.54, 1.807) is 4.31 Å². The Kier molecular flexibility index (Phi) is 6.49. The first kappa shape index (κ1) is 17.1. The molecular formula is C11H24ClN3O3S. The maximum Gasteiger partial charge on any atom is 0.282 e. The smallest absolute Gasteiger partial charge is 0.282 e. The third-order valence-corrected chi connectivity index (χ3v) is 5.76. The van der Waals surface area contributed by atoms with Crippen LogP contribution in [0.5, 0.6) is 0 Å². The van der Waals surface area contributed by atoms with E-state index in [1.807, 2.05) is 0 Å². The van der Waals surface area contributed by atoms with Crippen molar-refractivity contribution in [3.8, 4) is 0 Å². The zero-order valence-electron chi connectivity index (χ0n) is 11.3. The van der Waals surface area contributed by atoms with Crippen molar-refractivity contribution in [3.63, 3.8) is 0 Å². The minimum absolute atomic E-state index is 0. The van der Waals surface area contributed by atoms with Crippen LogP contribution < -0.4 is 5.73 Å². The first-order valence-electron chi connectivity index (χ1n) is 6.61. The number of hydrogen-bond acceptors (Lipinski definition) is 4. The summed E-state index contributed by atoms with van der Waals surface area (Å²) in [6, 6.07) is 0. The summed E-state index contributed by atoms with van der Waals surface area (Å²) < 4.78 is 33.5. The van der Waals surface area contributed by atoms with Crippen LogP contribution in [0.25, 0.3) is 0 Å². The van der Waals surface area contributed by atoms with Crippen LogP contribution in [-0.4, -0.2) is 62.5 Å². The van der Waals surface area contributed by atoms with Gasteiger partial charge in [-0.05, 0) is 18.8 Å². The van der Waals surface area contributed by atoms with Gasteiger partial charge in [0.25, 0.3) is 10.2 Å². The van der Waals surface area contributed by atoms with Crippen molar-refractivity contribution in [2.45, 2.75) is 25.9 Å². The number of piperidine rings is 1. The third-order valence-electron chi connectivity index (χ3n) is 3.76. The van der Waals surface area contributed by atoms with Gasteiger partial charge >= 0.3 is 0 Å². The fourth-order valence-electron chi connectivity index (χ4n) is 2.42. The molecule has 2 fully saturated rings. The normalized spacial score (nSPS) is 28.0. The van der Waals surface area contributed by atoms with E-state index >= 15 is 0 Å². The molecule has 6 nitrogen and oxygen atoms in total. The van der Waals surface area contributed by atoms with Crippen LogP contribution in [-0.2, 0) is 14.9 Å². The second kappa shape index (κ2) is 7.19. The van der Waals surface area contributed by atoms with Gasteiger partial charge < -0.3 is 10.5 Å². The lowest BCUT2D eigenvalue weighted by Gasteiger charge is -2.37. The molecule has 2 saturated heterocycles. The highest BCUT2D eigenvalue weighted by Gasteiger charge is 2.35. The third kappa shape index (κ3) is 4.03. The van der Waals surface area contributed by atoms with Crippen molar-refractivity contribution in [1.82, 2.24) is 8.61 Å². The predicted octanol–water partition coefficient (Wildman–Crippen LogP) is 0.0444. The molecule has 19 heavy (non-hydrogen) atoms. The summed E-state index contributed by atoms with van der Waals surface area (Å²) in [6.45, 7) is 5.05. The Morgan fingerprint density at radius 1 is 1.21 bits per heavy atom. The van der Waals surface area contributed by atoms with Crippen molar-refractivity contribution >= 4 is 22.6 Å². The Labute approximate surface area is 121 Å². The summed E-state index contributed by atoms with van der Waals surface area (Å²) in [7, 11) is -3.32. The number of halogens is 1. The van der Waals surface area contributed by atoms with E-state index in [1.165, 1.54) is 4.31 Å². The van der Waals surface area contributed by atoms with Gasteiger partial charge in [0, 0.05) is 32.7 Å². The van der Waals surface area contributed by atoms with Gasteiger partial charge in [0.15, 0.2) is 0 Å². The molecular weight excluding hydrogens is 290 g/mol. The summed E-state index contributed by atoms with van der Waals surface area (Å²) in [4.78, 5) is 0. The predicted molar refractivity (Wildman–Crippen MR) is 76.5 cm³/mol. The number of morpholine rings is 1. The number of nitrogens with two attached hydrogens (primary N) is 1. The van der Waals surface area contributed by atoms with Crippen LogP contribution in [0.15, 0.2) is 0 Å². The Hall–Kier alpha value is 0.0800. The van der Waals surface area contributed by atoms with E-state index in [4.69, 9.17) is 10.5 Å². The number of hydrogen-bond donors (Lipinski definition) is 1. The molecule has 1 unspecified atom stereocenters. The molecule has 2 aliphatic rings. The van der Waals surface area contributed by atoms with Gasteiger partial charge in [0.1, 0.15) is 0 Å². The average molecular weight is 314 g/mol. The minimum atomic E-state index is -3.32. The summed E-state index contributed by atoms with van der Waals surface area (Å²) in [5.74, 6) is 0.623. The molecule has 2 N–H and O–H groups in total. The molecule has 2 rings (SSSR count). The van der Waals surface area contributed by atoms with Gasteiger partial charge in [0.05, 0.1) is 12.7 Å². The lowest BCUT2D eigenvalue weighted by molar-refractivity contribution is 0.00237. The maximum absolute atomic E-state index is 12.5. The summed E-state index contributed by atoms with van der Waals surface area (Å²) >= 11 is 0. The summed E-state index contributed by atoms with van der Waals surface area (Å²) in [5.41, 5.74) is 5.55. The van der Waals surface area contributed by atoms with Gasteiger partial charge in [-0.1, -0.05) is 6.92 Å². The largest absolute Gasteiger partial charge is 0.374 e. The monoisotopic (exact) mass is 313 g/mol. The van der Waals surface area contributed by atoms with E-state index in [-0.39, 0.29) is 18.5 Å². The molecule has 0 aliphatic carbocycles. The zero-order chi connectivity index (χ0) is 13.2. The maximum atomic E-state index is 12.5. The molecule has 0 aromatic carbocycles. The van der Waals surface area contributed by atoms with Gasteiger partial charge in [0.2, 0.25) is 0 Å². The highest BCUT2D eigenvalue weighted by Crippen LogP contribution is 2.21.